The van der Waals surface area contributed by atoms with Crippen LogP contribution in [-0.2, 0) is 13.0 Å². The standard InChI is InChI=1S/C25H23ClN2O2.ClH/c26-21-8-5-17(6-9-21)23-4-2-1-3-19(23)15-27-11-12-28-22(16-27)14-20-13-18(25(29)30)7-10-24(20)28;/h1-10,13,22H,11-12,14-16H2,(H,29,30);1H/t22-;/m0./s1. The molecule has 2 aliphatic heterocycles. The summed E-state index contributed by atoms with van der Waals surface area (Å²) < 4.78 is 0. The van der Waals surface area contributed by atoms with Gasteiger partial charge in [0.1, 0.15) is 0 Å². The van der Waals surface area contributed by atoms with Gasteiger partial charge in [-0.1, -0.05) is 48.0 Å². The molecule has 3 aromatic rings. The largest absolute Gasteiger partial charge is 0.478 e. The van der Waals surface area contributed by atoms with E-state index in [1.54, 1.807) is 6.07 Å². The number of fused-ring (bicyclic) bond motifs is 3. The summed E-state index contributed by atoms with van der Waals surface area (Å²) >= 11 is 6.07. The van der Waals surface area contributed by atoms with Crippen molar-refractivity contribution in [1.82, 2.24) is 4.90 Å². The van der Waals surface area contributed by atoms with Gasteiger partial charge in [-0.25, -0.2) is 4.79 Å². The molecular weight excluding hydrogens is 431 g/mol. The summed E-state index contributed by atoms with van der Waals surface area (Å²) in [7, 11) is 0. The molecule has 2 aliphatic rings. The molecule has 1 saturated heterocycles. The molecular formula is C25H24Cl2N2O2. The fourth-order valence-electron chi connectivity index (χ4n) is 4.78. The van der Waals surface area contributed by atoms with Crippen molar-refractivity contribution in [2.45, 2.75) is 19.0 Å². The van der Waals surface area contributed by atoms with Crippen LogP contribution in [0.1, 0.15) is 21.5 Å². The first-order valence-electron chi connectivity index (χ1n) is 10.3. The molecule has 0 spiro atoms. The number of benzene rings is 3. The summed E-state index contributed by atoms with van der Waals surface area (Å²) in [5.41, 5.74) is 6.48. The van der Waals surface area contributed by atoms with Gasteiger partial charge in [0.15, 0.2) is 0 Å². The van der Waals surface area contributed by atoms with Crippen molar-refractivity contribution in [1.29, 1.82) is 0 Å². The third-order valence-corrected chi connectivity index (χ3v) is 6.48. The quantitative estimate of drug-likeness (QED) is 0.574. The Morgan fingerprint density at radius 3 is 2.58 bits per heavy atom. The van der Waals surface area contributed by atoms with E-state index in [1.165, 1.54) is 22.4 Å². The number of carbonyl (C=O) groups is 1. The van der Waals surface area contributed by atoms with Crippen molar-refractivity contribution in [3.63, 3.8) is 0 Å². The lowest BCUT2D eigenvalue weighted by atomic mass is 9.99. The van der Waals surface area contributed by atoms with Gasteiger partial charge in [0, 0.05) is 42.9 Å². The molecule has 0 aliphatic carbocycles. The predicted molar refractivity (Wildman–Crippen MR) is 128 cm³/mol. The lowest BCUT2D eigenvalue weighted by Crippen LogP contribution is -2.51. The van der Waals surface area contributed by atoms with Crippen LogP contribution in [0.2, 0.25) is 5.02 Å². The Morgan fingerprint density at radius 1 is 1.03 bits per heavy atom. The molecule has 31 heavy (non-hydrogen) atoms. The number of anilines is 1. The number of carboxylic acid groups (broad SMARTS) is 1. The molecule has 4 nitrogen and oxygen atoms in total. The Labute approximate surface area is 193 Å². The van der Waals surface area contributed by atoms with E-state index in [2.05, 4.69) is 46.2 Å². The Hall–Kier alpha value is -2.53. The maximum Gasteiger partial charge on any atom is 0.335 e. The van der Waals surface area contributed by atoms with Crippen LogP contribution in [0.3, 0.4) is 0 Å². The average molecular weight is 455 g/mol. The van der Waals surface area contributed by atoms with Crippen LogP contribution >= 0.6 is 24.0 Å². The first-order valence-corrected chi connectivity index (χ1v) is 10.7. The summed E-state index contributed by atoms with van der Waals surface area (Å²) in [6.45, 7) is 3.84. The highest BCUT2D eigenvalue weighted by Gasteiger charge is 2.34. The Balaban J connectivity index is 0.00000231. The first kappa shape index (κ1) is 21.7. The van der Waals surface area contributed by atoms with Gasteiger partial charge in [-0.2, -0.15) is 0 Å². The minimum absolute atomic E-state index is 0. The van der Waals surface area contributed by atoms with E-state index in [0.29, 0.717) is 11.6 Å². The summed E-state index contributed by atoms with van der Waals surface area (Å²) in [5.74, 6) is -0.858. The molecule has 5 rings (SSSR count). The first-order chi connectivity index (χ1) is 14.6. The molecule has 6 heteroatoms. The summed E-state index contributed by atoms with van der Waals surface area (Å²) in [6.07, 6.45) is 0.909. The van der Waals surface area contributed by atoms with Crippen molar-refractivity contribution in [2.24, 2.45) is 0 Å². The van der Waals surface area contributed by atoms with Gasteiger partial charge in [-0.3, -0.25) is 4.90 Å². The summed E-state index contributed by atoms with van der Waals surface area (Å²) in [5, 5.41) is 10.0. The monoisotopic (exact) mass is 454 g/mol. The van der Waals surface area contributed by atoms with E-state index in [0.717, 1.165) is 43.2 Å². The predicted octanol–water partition coefficient (Wildman–Crippen LogP) is 5.37. The zero-order valence-electron chi connectivity index (χ0n) is 17.0. The van der Waals surface area contributed by atoms with Gasteiger partial charge in [0.2, 0.25) is 0 Å². The number of halogens is 2. The number of hydrogen-bond donors (Lipinski definition) is 1. The van der Waals surface area contributed by atoms with Crippen molar-refractivity contribution in [2.75, 3.05) is 24.5 Å². The summed E-state index contributed by atoms with van der Waals surface area (Å²) in [4.78, 5) is 16.3. The molecule has 1 fully saturated rings. The third-order valence-electron chi connectivity index (χ3n) is 6.22. The van der Waals surface area contributed by atoms with Crippen molar-refractivity contribution in [3.05, 3.63) is 88.4 Å². The molecule has 0 aromatic heterocycles. The topological polar surface area (TPSA) is 43.8 Å². The molecule has 0 radical (unpaired) electrons. The van der Waals surface area contributed by atoms with Gasteiger partial charge in [0.05, 0.1) is 5.56 Å². The molecule has 2 heterocycles. The second kappa shape index (κ2) is 8.91. The molecule has 0 amide bonds. The highest BCUT2D eigenvalue weighted by atomic mass is 35.5. The van der Waals surface area contributed by atoms with E-state index in [4.69, 9.17) is 11.6 Å². The van der Waals surface area contributed by atoms with Crippen LogP contribution in [0, 0.1) is 0 Å². The van der Waals surface area contributed by atoms with Crippen LogP contribution in [-0.4, -0.2) is 41.7 Å². The third kappa shape index (κ3) is 4.29. The second-order valence-electron chi connectivity index (χ2n) is 8.10. The maximum atomic E-state index is 11.3. The smallest absolute Gasteiger partial charge is 0.335 e. The van der Waals surface area contributed by atoms with Crippen molar-refractivity contribution in [3.8, 4) is 11.1 Å². The lowest BCUT2D eigenvalue weighted by molar-refractivity contribution is 0.0697. The van der Waals surface area contributed by atoms with Gasteiger partial charge in [-0.15, -0.1) is 12.4 Å². The van der Waals surface area contributed by atoms with Crippen molar-refractivity contribution >= 4 is 35.7 Å². The molecule has 0 saturated carbocycles. The van der Waals surface area contributed by atoms with Crippen LogP contribution in [0.4, 0.5) is 5.69 Å². The molecule has 1 N–H and O–H groups in total. The van der Waals surface area contributed by atoms with E-state index in [9.17, 15) is 9.90 Å². The van der Waals surface area contributed by atoms with Crippen LogP contribution in [0.25, 0.3) is 11.1 Å². The van der Waals surface area contributed by atoms with Gasteiger partial charge >= 0.3 is 5.97 Å². The number of hydrogen-bond acceptors (Lipinski definition) is 3. The molecule has 0 bridgehead atoms. The molecule has 1 atom stereocenters. The van der Waals surface area contributed by atoms with Crippen LogP contribution < -0.4 is 4.90 Å². The number of aromatic carboxylic acids is 1. The molecule has 160 valence electrons. The van der Waals surface area contributed by atoms with Crippen LogP contribution in [0.5, 0.6) is 0 Å². The van der Waals surface area contributed by atoms with Gasteiger partial charge in [-0.05, 0) is 59.0 Å². The number of carboxylic acids is 1. The minimum Gasteiger partial charge on any atom is -0.478 e. The van der Waals surface area contributed by atoms with E-state index >= 15 is 0 Å². The van der Waals surface area contributed by atoms with E-state index < -0.39 is 5.97 Å². The van der Waals surface area contributed by atoms with Gasteiger partial charge in [0.25, 0.3) is 0 Å². The van der Waals surface area contributed by atoms with Crippen LogP contribution in [0.15, 0.2) is 66.7 Å². The maximum absolute atomic E-state index is 11.3. The minimum atomic E-state index is -0.858. The number of nitrogens with zero attached hydrogens (tertiary/aromatic N) is 2. The van der Waals surface area contributed by atoms with E-state index in [-0.39, 0.29) is 12.4 Å². The highest BCUT2D eigenvalue weighted by molar-refractivity contribution is 6.30. The SMILES string of the molecule is Cl.O=C(O)c1ccc2c(c1)C[C@H]1CN(Cc3ccccc3-c3ccc(Cl)cc3)CCN21. The second-order valence-corrected chi connectivity index (χ2v) is 8.54. The summed E-state index contributed by atoms with van der Waals surface area (Å²) in [6, 6.07) is 22.5. The zero-order chi connectivity index (χ0) is 20.7. The normalized spacial score (nSPS) is 17.6. The number of rotatable bonds is 4. The fraction of sp³-hybridized carbons (Fsp3) is 0.240. The fourth-order valence-corrected chi connectivity index (χ4v) is 4.91. The Morgan fingerprint density at radius 2 is 1.81 bits per heavy atom. The highest BCUT2D eigenvalue weighted by Crippen LogP contribution is 2.35. The van der Waals surface area contributed by atoms with E-state index in [1.807, 2.05) is 24.3 Å². The lowest BCUT2D eigenvalue weighted by Gasteiger charge is -2.39. The zero-order valence-corrected chi connectivity index (χ0v) is 18.6. The molecule has 0 unspecified atom stereocenters. The Bertz CT molecular complexity index is 1100. The van der Waals surface area contributed by atoms with Gasteiger partial charge < -0.3 is 10.0 Å². The molecule has 3 aromatic carbocycles. The average Bonchev–Trinajstić information content (AvgIpc) is 3.11. The number of piperazine rings is 1. The Kier molecular flexibility index (Phi) is 6.24. The van der Waals surface area contributed by atoms with Crippen molar-refractivity contribution < 1.29 is 9.90 Å².